The molecule has 3 rings (SSSR count). The van der Waals surface area contributed by atoms with Gasteiger partial charge in [0.2, 0.25) is 0 Å². The average molecular weight is 252 g/mol. The Hall–Kier alpha value is -2.82. The van der Waals surface area contributed by atoms with Gasteiger partial charge < -0.3 is 16.0 Å². The van der Waals surface area contributed by atoms with Crippen molar-refractivity contribution in [1.82, 2.24) is 9.55 Å². The number of amides is 1. The van der Waals surface area contributed by atoms with E-state index in [0.29, 0.717) is 16.8 Å². The van der Waals surface area contributed by atoms with Gasteiger partial charge >= 0.3 is 0 Å². The van der Waals surface area contributed by atoms with Gasteiger partial charge in [-0.25, -0.2) is 0 Å². The number of hydrogen-bond donors (Lipinski definition) is 2. The number of carbonyl (C=O) groups excluding carboxylic acids is 1. The van der Waals surface area contributed by atoms with Crippen LogP contribution in [0.1, 0.15) is 10.4 Å². The van der Waals surface area contributed by atoms with E-state index in [1.54, 1.807) is 12.3 Å². The number of hydrogen-bond acceptors (Lipinski definition) is 3. The summed E-state index contributed by atoms with van der Waals surface area (Å²) in [7, 11) is 0. The fourth-order valence-electron chi connectivity index (χ4n) is 2.10. The zero-order chi connectivity index (χ0) is 13.4. The summed E-state index contributed by atoms with van der Waals surface area (Å²) in [6.07, 6.45) is 3.21. The van der Waals surface area contributed by atoms with Gasteiger partial charge in [-0.2, -0.15) is 0 Å². The number of anilines is 1. The minimum absolute atomic E-state index is 0.388. The molecule has 19 heavy (non-hydrogen) atoms. The zero-order valence-electron chi connectivity index (χ0n) is 10.1. The van der Waals surface area contributed by atoms with Crippen LogP contribution in [0.2, 0.25) is 0 Å². The average Bonchev–Trinajstić information content (AvgIpc) is 2.78. The topological polar surface area (TPSA) is 86.9 Å². The number of nitrogen functional groups attached to an aromatic ring is 1. The van der Waals surface area contributed by atoms with Crippen LogP contribution in [0.3, 0.4) is 0 Å². The number of benzene rings is 1. The Morgan fingerprint density at radius 2 is 1.95 bits per heavy atom. The first-order valence-electron chi connectivity index (χ1n) is 5.78. The largest absolute Gasteiger partial charge is 0.397 e. The van der Waals surface area contributed by atoms with E-state index in [9.17, 15) is 4.79 Å². The van der Waals surface area contributed by atoms with Crippen LogP contribution in [-0.4, -0.2) is 15.5 Å². The van der Waals surface area contributed by atoms with E-state index in [1.807, 2.05) is 34.9 Å². The molecule has 0 aliphatic carbocycles. The van der Waals surface area contributed by atoms with Gasteiger partial charge in [-0.1, -0.05) is 18.2 Å². The molecule has 4 N–H and O–H groups in total. The maximum Gasteiger partial charge on any atom is 0.252 e. The van der Waals surface area contributed by atoms with E-state index in [4.69, 9.17) is 11.5 Å². The number of rotatable bonds is 2. The molecule has 1 aromatic carbocycles. The first-order chi connectivity index (χ1) is 9.16. The minimum atomic E-state index is -0.503. The third kappa shape index (κ3) is 1.81. The van der Waals surface area contributed by atoms with Gasteiger partial charge in [0.1, 0.15) is 5.52 Å². The molecule has 1 amide bonds. The van der Waals surface area contributed by atoms with Gasteiger partial charge in [-0.05, 0) is 18.2 Å². The molecule has 0 saturated carbocycles. The Balaban J connectivity index is 2.36. The van der Waals surface area contributed by atoms with Crippen molar-refractivity contribution < 1.29 is 4.79 Å². The SMILES string of the molecule is NC(=O)c1cn(-c2ccccc2)c2cc(N)cnc12. The highest BCUT2D eigenvalue weighted by molar-refractivity contribution is 6.05. The maximum atomic E-state index is 11.5. The molecule has 0 spiro atoms. The van der Waals surface area contributed by atoms with Crippen molar-refractivity contribution in [2.75, 3.05) is 5.73 Å². The predicted molar refractivity (Wildman–Crippen MR) is 74.0 cm³/mol. The van der Waals surface area contributed by atoms with E-state index < -0.39 is 5.91 Å². The van der Waals surface area contributed by atoms with E-state index in [1.165, 1.54) is 6.20 Å². The smallest absolute Gasteiger partial charge is 0.252 e. The van der Waals surface area contributed by atoms with E-state index >= 15 is 0 Å². The Bertz CT molecular complexity index is 762. The molecule has 0 bridgehead atoms. The van der Waals surface area contributed by atoms with Crippen molar-refractivity contribution in [2.24, 2.45) is 5.73 Å². The van der Waals surface area contributed by atoms with Crippen molar-refractivity contribution in [3.63, 3.8) is 0 Å². The number of carbonyl (C=O) groups is 1. The molecule has 0 radical (unpaired) electrons. The molecule has 94 valence electrons. The summed E-state index contributed by atoms with van der Waals surface area (Å²) in [6, 6.07) is 11.4. The summed E-state index contributed by atoms with van der Waals surface area (Å²) >= 11 is 0. The summed E-state index contributed by atoms with van der Waals surface area (Å²) in [5.74, 6) is -0.503. The van der Waals surface area contributed by atoms with Crippen LogP contribution < -0.4 is 11.5 Å². The van der Waals surface area contributed by atoms with Gasteiger partial charge in [-0.15, -0.1) is 0 Å². The fraction of sp³-hybridized carbons (Fsp3) is 0. The van der Waals surface area contributed by atoms with E-state index in [0.717, 1.165) is 11.2 Å². The molecule has 5 nitrogen and oxygen atoms in total. The fourth-order valence-corrected chi connectivity index (χ4v) is 2.10. The van der Waals surface area contributed by atoms with E-state index in [2.05, 4.69) is 4.98 Å². The van der Waals surface area contributed by atoms with Crippen molar-refractivity contribution in [3.05, 3.63) is 54.4 Å². The summed E-state index contributed by atoms with van der Waals surface area (Å²) in [4.78, 5) is 15.7. The van der Waals surface area contributed by atoms with Crippen LogP contribution in [0.5, 0.6) is 0 Å². The summed E-state index contributed by atoms with van der Waals surface area (Å²) < 4.78 is 1.86. The third-order valence-electron chi connectivity index (χ3n) is 2.96. The molecular formula is C14H12N4O. The lowest BCUT2D eigenvalue weighted by molar-refractivity contribution is 0.100. The third-order valence-corrected chi connectivity index (χ3v) is 2.96. The molecule has 0 saturated heterocycles. The lowest BCUT2D eigenvalue weighted by Gasteiger charge is -2.04. The van der Waals surface area contributed by atoms with Crippen LogP contribution in [0.25, 0.3) is 16.7 Å². The summed E-state index contributed by atoms with van der Waals surface area (Å²) in [6.45, 7) is 0. The second-order valence-corrected chi connectivity index (χ2v) is 4.25. The Morgan fingerprint density at radius 3 is 2.63 bits per heavy atom. The van der Waals surface area contributed by atoms with Gasteiger partial charge in [0.25, 0.3) is 5.91 Å². The molecule has 2 aromatic heterocycles. The van der Waals surface area contributed by atoms with Crippen molar-refractivity contribution in [2.45, 2.75) is 0 Å². The highest BCUT2D eigenvalue weighted by Crippen LogP contribution is 2.24. The zero-order valence-corrected chi connectivity index (χ0v) is 10.1. The number of nitrogens with two attached hydrogens (primary N) is 2. The van der Waals surface area contributed by atoms with Crippen LogP contribution in [0.15, 0.2) is 48.8 Å². The van der Waals surface area contributed by atoms with Crippen LogP contribution in [0, 0.1) is 0 Å². The van der Waals surface area contributed by atoms with Crippen LogP contribution in [0.4, 0.5) is 5.69 Å². The van der Waals surface area contributed by atoms with Crippen LogP contribution >= 0.6 is 0 Å². The van der Waals surface area contributed by atoms with Gasteiger partial charge in [-0.3, -0.25) is 9.78 Å². The van der Waals surface area contributed by atoms with Gasteiger partial charge in [0.15, 0.2) is 0 Å². The van der Waals surface area contributed by atoms with Crippen molar-refractivity contribution in [1.29, 1.82) is 0 Å². The highest BCUT2D eigenvalue weighted by atomic mass is 16.1. The predicted octanol–water partition coefficient (Wildman–Crippen LogP) is 1.71. The van der Waals surface area contributed by atoms with Gasteiger partial charge in [0.05, 0.1) is 23.0 Å². The molecule has 0 atom stereocenters. The molecule has 0 aliphatic rings. The molecule has 3 aromatic rings. The maximum absolute atomic E-state index is 11.5. The molecule has 0 unspecified atom stereocenters. The number of fused-ring (bicyclic) bond motifs is 1. The monoisotopic (exact) mass is 252 g/mol. The number of primary amides is 1. The normalized spacial score (nSPS) is 10.7. The lowest BCUT2D eigenvalue weighted by Crippen LogP contribution is -2.10. The number of nitrogens with zero attached hydrogens (tertiary/aromatic N) is 2. The first kappa shape index (κ1) is 11.3. The van der Waals surface area contributed by atoms with Crippen molar-refractivity contribution >= 4 is 22.6 Å². The van der Waals surface area contributed by atoms with E-state index in [-0.39, 0.29) is 0 Å². The molecule has 0 aliphatic heterocycles. The van der Waals surface area contributed by atoms with Crippen molar-refractivity contribution in [3.8, 4) is 5.69 Å². The van der Waals surface area contributed by atoms with Gasteiger partial charge in [0, 0.05) is 11.9 Å². The first-order valence-corrected chi connectivity index (χ1v) is 5.78. The molecular weight excluding hydrogens is 240 g/mol. The standard InChI is InChI=1S/C14H12N4O/c15-9-6-12-13(17-7-9)11(14(16)19)8-18(12)10-4-2-1-3-5-10/h1-8H,15H2,(H2,16,19). The quantitative estimate of drug-likeness (QED) is 0.727. The summed E-state index contributed by atoms with van der Waals surface area (Å²) in [5, 5.41) is 0. The molecule has 0 fully saturated rings. The Labute approximate surface area is 109 Å². The second kappa shape index (κ2) is 4.13. The lowest BCUT2D eigenvalue weighted by atomic mass is 10.2. The molecule has 2 heterocycles. The number of aromatic nitrogens is 2. The Morgan fingerprint density at radius 1 is 1.21 bits per heavy atom. The minimum Gasteiger partial charge on any atom is -0.397 e. The summed E-state index contributed by atoms with van der Waals surface area (Å²) in [5.41, 5.74) is 14.3. The number of para-hydroxylation sites is 1. The van der Waals surface area contributed by atoms with Crippen LogP contribution in [-0.2, 0) is 0 Å². The highest BCUT2D eigenvalue weighted by Gasteiger charge is 2.15. The molecule has 5 heteroatoms. The number of pyridine rings is 1. The second-order valence-electron chi connectivity index (χ2n) is 4.25. The Kier molecular flexibility index (Phi) is 2.45.